The van der Waals surface area contributed by atoms with E-state index in [1.807, 2.05) is 12.1 Å². The van der Waals surface area contributed by atoms with E-state index in [0.717, 1.165) is 50.6 Å². The maximum Gasteiger partial charge on any atom is 0.119 e. The van der Waals surface area contributed by atoms with E-state index in [0.29, 0.717) is 0 Å². The summed E-state index contributed by atoms with van der Waals surface area (Å²) in [5.74, 6) is 0.917. The fourth-order valence-corrected chi connectivity index (χ4v) is 2.68. The highest BCUT2D eigenvalue weighted by Gasteiger charge is 2.28. The van der Waals surface area contributed by atoms with E-state index >= 15 is 0 Å². The number of morpholine rings is 1. The average Bonchev–Trinajstić information content (AvgIpc) is 2.44. The Morgan fingerprint density at radius 1 is 1.33 bits per heavy atom. The molecule has 4 heteroatoms. The molecule has 1 fully saturated rings. The molecule has 0 aliphatic carbocycles. The third-order valence-corrected chi connectivity index (χ3v) is 3.74. The van der Waals surface area contributed by atoms with Crippen molar-refractivity contribution < 1.29 is 9.47 Å². The Labute approximate surface area is 128 Å². The molecule has 1 saturated heterocycles. The molecule has 0 amide bonds. The summed E-state index contributed by atoms with van der Waals surface area (Å²) in [6.45, 7) is 10.6. The van der Waals surface area contributed by atoms with Gasteiger partial charge >= 0.3 is 0 Å². The molecule has 1 aliphatic heterocycles. The SMILES string of the molecule is CCCOc1ccc(C(N)CN2CCOC(C)(C)C2)cc1. The van der Waals surface area contributed by atoms with Gasteiger partial charge in [-0.1, -0.05) is 19.1 Å². The van der Waals surface area contributed by atoms with Gasteiger partial charge in [-0.3, -0.25) is 4.90 Å². The van der Waals surface area contributed by atoms with E-state index in [-0.39, 0.29) is 11.6 Å². The van der Waals surface area contributed by atoms with Gasteiger partial charge in [-0.15, -0.1) is 0 Å². The number of hydrogen-bond donors (Lipinski definition) is 1. The van der Waals surface area contributed by atoms with Gasteiger partial charge in [0.25, 0.3) is 0 Å². The summed E-state index contributed by atoms with van der Waals surface area (Å²) < 4.78 is 11.3. The van der Waals surface area contributed by atoms with E-state index in [1.54, 1.807) is 0 Å². The van der Waals surface area contributed by atoms with Crippen molar-refractivity contribution in [2.75, 3.05) is 32.8 Å². The van der Waals surface area contributed by atoms with E-state index in [2.05, 4.69) is 37.8 Å². The lowest BCUT2D eigenvalue weighted by molar-refractivity contribution is -0.0869. The van der Waals surface area contributed by atoms with E-state index < -0.39 is 0 Å². The van der Waals surface area contributed by atoms with Crippen LogP contribution in [0.3, 0.4) is 0 Å². The highest BCUT2D eigenvalue weighted by molar-refractivity contribution is 5.29. The first kappa shape index (κ1) is 16.3. The molecular formula is C17H28N2O2. The topological polar surface area (TPSA) is 47.7 Å². The molecule has 1 atom stereocenters. The molecule has 0 saturated carbocycles. The van der Waals surface area contributed by atoms with Crippen molar-refractivity contribution in [3.05, 3.63) is 29.8 Å². The molecule has 2 N–H and O–H groups in total. The van der Waals surface area contributed by atoms with Gasteiger partial charge in [0.2, 0.25) is 0 Å². The van der Waals surface area contributed by atoms with Crippen LogP contribution in [0.1, 0.15) is 38.8 Å². The van der Waals surface area contributed by atoms with Gasteiger partial charge in [0.15, 0.2) is 0 Å². The summed E-state index contributed by atoms with van der Waals surface area (Å²) in [4.78, 5) is 2.38. The lowest BCUT2D eigenvalue weighted by atomic mass is 10.0. The lowest BCUT2D eigenvalue weighted by Gasteiger charge is -2.39. The fraction of sp³-hybridized carbons (Fsp3) is 0.647. The molecule has 21 heavy (non-hydrogen) atoms. The van der Waals surface area contributed by atoms with Gasteiger partial charge in [0, 0.05) is 25.7 Å². The Kier molecular flexibility index (Phi) is 5.62. The quantitative estimate of drug-likeness (QED) is 0.875. The zero-order valence-corrected chi connectivity index (χ0v) is 13.5. The monoisotopic (exact) mass is 292 g/mol. The van der Waals surface area contributed by atoms with Crippen LogP contribution >= 0.6 is 0 Å². The molecule has 2 rings (SSSR count). The minimum atomic E-state index is -0.0736. The van der Waals surface area contributed by atoms with Crippen molar-refractivity contribution in [1.82, 2.24) is 4.90 Å². The van der Waals surface area contributed by atoms with Gasteiger partial charge < -0.3 is 15.2 Å². The van der Waals surface area contributed by atoms with Crippen molar-refractivity contribution in [3.8, 4) is 5.75 Å². The fourth-order valence-electron chi connectivity index (χ4n) is 2.68. The largest absolute Gasteiger partial charge is 0.494 e. The maximum absolute atomic E-state index is 6.34. The molecule has 1 aromatic rings. The summed E-state index contributed by atoms with van der Waals surface area (Å²) in [6.07, 6.45) is 1.02. The summed E-state index contributed by atoms with van der Waals surface area (Å²) in [6, 6.07) is 8.18. The van der Waals surface area contributed by atoms with Crippen LogP contribution in [-0.4, -0.2) is 43.3 Å². The molecule has 118 valence electrons. The van der Waals surface area contributed by atoms with Gasteiger partial charge in [-0.05, 0) is 38.0 Å². The van der Waals surface area contributed by atoms with Crippen LogP contribution in [0.25, 0.3) is 0 Å². The van der Waals surface area contributed by atoms with E-state index in [4.69, 9.17) is 15.2 Å². The van der Waals surface area contributed by atoms with Crippen LogP contribution in [0.5, 0.6) is 5.75 Å². The molecule has 0 spiro atoms. The number of nitrogens with two attached hydrogens (primary N) is 1. The number of hydrogen-bond acceptors (Lipinski definition) is 4. The van der Waals surface area contributed by atoms with Crippen LogP contribution in [0.4, 0.5) is 0 Å². The number of benzene rings is 1. The zero-order chi connectivity index (χ0) is 15.3. The zero-order valence-electron chi connectivity index (χ0n) is 13.5. The van der Waals surface area contributed by atoms with E-state index in [9.17, 15) is 0 Å². The number of rotatable bonds is 6. The highest BCUT2D eigenvalue weighted by Crippen LogP contribution is 2.21. The molecule has 1 heterocycles. The van der Waals surface area contributed by atoms with Crippen LogP contribution in [0.2, 0.25) is 0 Å². The van der Waals surface area contributed by atoms with Crippen LogP contribution in [0, 0.1) is 0 Å². The van der Waals surface area contributed by atoms with Gasteiger partial charge in [-0.2, -0.15) is 0 Å². The van der Waals surface area contributed by atoms with Crippen molar-refractivity contribution in [3.63, 3.8) is 0 Å². The maximum atomic E-state index is 6.34. The van der Waals surface area contributed by atoms with Gasteiger partial charge in [-0.25, -0.2) is 0 Å². The Bertz CT molecular complexity index is 431. The van der Waals surface area contributed by atoms with Gasteiger partial charge in [0.05, 0.1) is 18.8 Å². The lowest BCUT2D eigenvalue weighted by Crippen LogP contribution is -2.50. The highest BCUT2D eigenvalue weighted by atomic mass is 16.5. The minimum absolute atomic E-state index is 0.0270. The van der Waals surface area contributed by atoms with Crippen molar-refractivity contribution in [1.29, 1.82) is 0 Å². The van der Waals surface area contributed by atoms with Crippen molar-refractivity contribution >= 4 is 0 Å². The molecule has 1 unspecified atom stereocenters. The average molecular weight is 292 g/mol. The van der Waals surface area contributed by atoms with Crippen LogP contribution in [-0.2, 0) is 4.74 Å². The number of nitrogens with zero attached hydrogens (tertiary/aromatic N) is 1. The number of ether oxygens (including phenoxy) is 2. The Balaban J connectivity index is 1.89. The third-order valence-electron chi connectivity index (χ3n) is 3.74. The second kappa shape index (κ2) is 7.25. The minimum Gasteiger partial charge on any atom is -0.494 e. The second-order valence-electron chi connectivity index (χ2n) is 6.37. The predicted octanol–water partition coefficient (Wildman–Crippen LogP) is 2.59. The molecule has 0 aromatic heterocycles. The summed E-state index contributed by atoms with van der Waals surface area (Å²) in [5.41, 5.74) is 7.42. The smallest absolute Gasteiger partial charge is 0.119 e. The van der Waals surface area contributed by atoms with Crippen molar-refractivity contribution in [2.24, 2.45) is 5.73 Å². The molecule has 1 aromatic carbocycles. The standard InChI is InChI=1S/C17H28N2O2/c1-4-10-20-15-7-5-14(6-8-15)16(18)12-19-9-11-21-17(2,3)13-19/h5-8,16H,4,9-13,18H2,1-3H3. The summed E-state index contributed by atoms with van der Waals surface area (Å²) >= 11 is 0. The van der Waals surface area contributed by atoms with Crippen molar-refractivity contribution in [2.45, 2.75) is 38.8 Å². The van der Waals surface area contributed by atoms with Crippen LogP contribution in [0.15, 0.2) is 24.3 Å². The normalized spacial score (nSPS) is 20.2. The first-order valence-electron chi connectivity index (χ1n) is 7.85. The molecule has 1 aliphatic rings. The Morgan fingerprint density at radius 2 is 2.05 bits per heavy atom. The van der Waals surface area contributed by atoms with Gasteiger partial charge in [0.1, 0.15) is 5.75 Å². The summed E-state index contributed by atoms with van der Waals surface area (Å²) in [7, 11) is 0. The molecular weight excluding hydrogens is 264 g/mol. The Morgan fingerprint density at radius 3 is 2.67 bits per heavy atom. The summed E-state index contributed by atoms with van der Waals surface area (Å²) in [5, 5.41) is 0. The molecule has 4 nitrogen and oxygen atoms in total. The molecule has 0 bridgehead atoms. The van der Waals surface area contributed by atoms with Crippen LogP contribution < -0.4 is 10.5 Å². The first-order chi connectivity index (χ1) is 10.00. The predicted molar refractivity (Wildman–Crippen MR) is 85.6 cm³/mol. The molecule has 0 radical (unpaired) electrons. The second-order valence-corrected chi connectivity index (χ2v) is 6.37. The first-order valence-corrected chi connectivity index (χ1v) is 7.85. The van der Waals surface area contributed by atoms with E-state index in [1.165, 1.54) is 0 Å². The third kappa shape index (κ3) is 4.99. The Hall–Kier alpha value is -1.10.